The quantitative estimate of drug-likeness (QED) is 0.655. The zero-order valence-electron chi connectivity index (χ0n) is 8.90. The van der Waals surface area contributed by atoms with E-state index in [2.05, 4.69) is 4.98 Å². The fourth-order valence-electron chi connectivity index (χ4n) is 1.24. The van der Waals surface area contributed by atoms with E-state index in [0.717, 1.165) is 4.57 Å². The lowest BCUT2D eigenvalue weighted by Crippen LogP contribution is -2.36. The minimum absolute atomic E-state index is 0. The summed E-state index contributed by atoms with van der Waals surface area (Å²) in [5, 5.41) is 8.37. The number of carboxylic acids is 1. The lowest BCUT2D eigenvalue weighted by Gasteiger charge is -2.02. The van der Waals surface area contributed by atoms with Crippen molar-refractivity contribution in [1.29, 1.82) is 0 Å². The normalized spacial score (nSPS) is 9.71. The van der Waals surface area contributed by atoms with Gasteiger partial charge in [0.2, 0.25) is 5.82 Å². The Labute approximate surface area is 94.8 Å². The molecule has 0 unspecified atom stereocenters. The van der Waals surface area contributed by atoms with Gasteiger partial charge in [0.1, 0.15) is 0 Å². The smallest absolute Gasteiger partial charge is 0.328 e. The Kier molecular flexibility index (Phi) is 5.83. The fraction of sp³-hybridized carbons (Fsp3) is 0.444. The molecule has 96 valence electrons. The maximum absolute atomic E-state index is 12.8. The Bertz CT molecular complexity index is 493. The van der Waals surface area contributed by atoms with Crippen LogP contribution in [0.5, 0.6) is 0 Å². The number of aromatic amines is 1. The molecular weight excluding hydrogens is 235 g/mol. The van der Waals surface area contributed by atoms with E-state index in [1.54, 1.807) is 0 Å². The highest BCUT2D eigenvalue weighted by atomic mass is 19.1. The van der Waals surface area contributed by atoms with Crippen LogP contribution >= 0.6 is 0 Å². The highest BCUT2D eigenvalue weighted by Gasteiger charge is 2.06. The predicted octanol–water partition coefficient (Wildman–Crippen LogP) is -0.894. The summed E-state index contributed by atoms with van der Waals surface area (Å²) in [5.41, 5.74) is -1.68. The molecule has 7 nitrogen and oxygen atoms in total. The van der Waals surface area contributed by atoms with Crippen molar-refractivity contribution in [2.24, 2.45) is 0 Å². The second-order valence-corrected chi connectivity index (χ2v) is 3.25. The summed E-state index contributed by atoms with van der Waals surface area (Å²) in [4.78, 5) is 34.6. The van der Waals surface area contributed by atoms with Gasteiger partial charge in [-0.3, -0.25) is 14.2 Å². The number of halogens is 1. The number of nitrogens with one attached hydrogen (secondary N) is 1. The van der Waals surface area contributed by atoms with E-state index in [4.69, 9.17) is 5.11 Å². The number of hydrogen-bond donors (Lipinski definition) is 2. The van der Waals surface area contributed by atoms with Crippen LogP contribution in [0.1, 0.15) is 19.3 Å². The molecule has 0 radical (unpaired) electrons. The van der Waals surface area contributed by atoms with Crippen molar-refractivity contribution in [3.05, 3.63) is 32.9 Å². The third-order valence-corrected chi connectivity index (χ3v) is 2.04. The molecule has 0 aromatic carbocycles. The van der Waals surface area contributed by atoms with Crippen molar-refractivity contribution >= 4 is 5.97 Å². The minimum Gasteiger partial charge on any atom is -0.481 e. The van der Waals surface area contributed by atoms with Crippen molar-refractivity contribution in [2.45, 2.75) is 25.8 Å². The first-order valence-corrected chi connectivity index (χ1v) is 4.72. The number of nitrogens with zero attached hydrogens (tertiary/aromatic N) is 1. The van der Waals surface area contributed by atoms with Gasteiger partial charge in [0.15, 0.2) is 0 Å². The molecule has 8 heteroatoms. The van der Waals surface area contributed by atoms with Gasteiger partial charge in [-0.15, -0.1) is 0 Å². The number of carboxylic acid groups (broad SMARTS) is 1. The number of hydrogen-bond acceptors (Lipinski definition) is 3. The van der Waals surface area contributed by atoms with Crippen molar-refractivity contribution in [3.63, 3.8) is 0 Å². The molecule has 0 saturated carbocycles. The molecular formula is C9H13FN2O5. The van der Waals surface area contributed by atoms with Crippen LogP contribution in [0.4, 0.5) is 4.39 Å². The van der Waals surface area contributed by atoms with Crippen molar-refractivity contribution in [2.75, 3.05) is 0 Å². The molecule has 0 aliphatic heterocycles. The van der Waals surface area contributed by atoms with E-state index < -0.39 is 23.0 Å². The Hall–Kier alpha value is -1.96. The summed E-state index contributed by atoms with van der Waals surface area (Å²) in [7, 11) is 0. The predicted molar refractivity (Wildman–Crippen MR) is 56.4 cm³/mol. The monoisotopic (exact) mass is 248 g/mol. The summed E-state index contributed by atoms with van der Waals surface area (Å²) in [6, 6.07) is 0. The standard InChI is InChI=1S/C9H11FN2O4.H2O/c10-6-5-11-9(16)12(8(6)15)4-2-1-3-7(13)14;/h5H,1-4H2,(H,11,16)(H,13,14);1H2. The van der Waals surface area contributed by atoms with Gasteiger partial charge in [0.05, 0.1) is 0 Å². The van der Waals surface area contributed by atoms with Gasteiger partial charge in [0.25, 0.3) is 5.56 Å². The van der Waals surface area contributed by atoms with Crippen LogP contribution in [0, 0.1) is 5.82 Å². The van der Waals surface area contributed by atoms with Crippen LogP contribution in [0.25, 0.3) is 0 Å². The number of carbonyl (C=O) groups is 1. The van der Waals surface area contributed by atoms with Crippen LogP contribution in [-0.2, 0) is 11.3 Å². The molecule has 4 N–H and O–H groups in total. The molecule has 0 bridgehead atoms. The summed E-state index contributed by atoms with van der Waals surface area (Å²) < 4.78 is 13.5. The Balaban J connectivity index is 0.00000256. The van der Waals surface area contributed by atoms with E-state index in [1.807, 2.05) is 0 Å². The van der Waals surface area contributed by atoms with Gasteiger partial charge in [-0.05, 0) is 12.8 Å². The SMILES string of the molecule is O.O=C(O)CCCCn1c(=O)[nH]cc(F)c1=O. The molecule has 0 amide bonds. The molecule has 1 aromatic heterocycles. The second kappa shape index (κ2) is 6.59. The van der Waals surface area contributed by atoms with E-state index in [1.165, 1.54) is 0 Å². The first kappa shape index (κ1) is 15.0. The van der Waals surface area contributed by atoms with Gasteiger partial charge in [-0.1, -0.05) is 0 Å². The van der Waals surface area contributed by atoms with Gasteiger partial charge in [0, 0.05) is 19.2 Å². The molecule has 0 aliphatic rings. The van der Waals surface area contributed by atoms with Gasteiger partial charge >= 0.3 is 11.7 Å². The van der Waals surface area contributed by atoms with Crippen LogP contribution in [0.15, 0.2) is 15.8 Å². The lowest BCUT2D eigenvalue weighted by atomic mass is 10.2. The Morgan fingerprint density at radius 3 is 2.65 bits per heavy atom. The molecule has 0 aliphatic carbocycles. The molecule has 0 spiro atoms. The van der Waals surface area contributed by atoms with Crippen LogP contribution in [0.3, 0.4) is 0 Å². The average Bonchev–Trinajstić information content (AvgIpc) is 2.22. The van der Waals surface area contributed by atoms with Crippen molar-refractivity contribution < 1.29 is 19.8 Å². The zero-order valence-corrected chi connectivity index (χ0v) is 8.90. The van der Waals surface area contributed by atoms with E-state index >= 15 is 0 Å². The van der Waals surface area contributed by atoms with Crippen molar-refractivity contribution in [3.8, 4) is 0 Å². The number of rotatable bonds is 5. The van der Waals surface area contributed by atoms with Crippen LogP contribution in [-0.4, -0.2) is 26.1 Å². The summed E-state index contributed by atoms with van der Waals surface area (Å²) in [6.07, 6.45) is 1.33. The molecule has 1 aromatic rings. The number of H-pyrrole nitrogens is 1. The lowest BCUT2D eigenvalue weighted by molar-refractivity contribution is -0.137. The van der Waals surface area contributed by atoms with E-state index in [-0.39, 0.29) is 18.4 Å². The average molecular weight is 248 g/mol. The number of aliphatic carboxylic acids is 1. The highest BCUT2D eigenvalue weighted by molar-refractivity contribution is 5.66. The molecule has 1 heterocycles. The number of unbranched alkanes of at least 4 members (excludes halogenated alkanes) is 1. The third-order valence-electron chi connectivity index (χ3n) is 2.04. The summed E-state index contributed by atoms with van der Waals surface area (Å²) in [6.45, 7) is 0.0131. The van der Waals surface area contributed by atoms with Gasteiger partial charge in [-0.2, -0.15) is 4.39 Å². The first-order chi connectivity index (χ1) is 7.52. The molecule has 0 fully saturated rings. The maximum Gasteiger partial charge on any atom is 0.328 e. The molecule has 17 heavy (non-hydrogen) atoms. The molecule has 0 atom stereocenters. The van der Waals surface area contributed by atoms with Crippen LogP contribution < -0.4 is 11.2 Å². The van der Waals surface area contributed by atoms with E-state index in [0.29, 0.717) is 19.0 Å². The molecule has 0 saturated heterocycles. The number of aromatic nitrogens is 2. The van der Waals surface area contributed by atoms with E-state index in [9.17, 15) is 18.8 Å². The fourth-order valence-corrected chi connectivity index (χ4v) is 1.24. The maximum atomic E-state index is 12.8. The Morgan fingerprint density at radius 2 is 2.06 bits per heavy atom. The third kappa shape index (κ3) is 4.19. The Morgan fingerprint density at radius 1 is 1.41 bits per heavy atom. The summed E-state index contributed by atoms with van der Waals surface area (Å²) >= 11 is 0. The minimum atomic E-state index is -1.03. The topological polar surface area (TPSA) is 124 Å². The largest absolute Gasteiger partial charge is 0.481 e. The summed E-state index contributed by atoms with van der Waals surface area (Å²) in [5.74, 6) is -1.97. The van der Waals surface area contributed by atoms with Crippen molar-refractivity contribution in [1.82, 2.24) is 9.55 Å². The highest BCUT2D eigenvalue weighted by Crippen LogP contribution is 1.96. The zero-order chi connectivity index (χ0) is 12.1. The molecule has 1 rings (SSSR count). The second-order valence-electron chi connectivity index (χ2n) is 3.25. The first-order valence-electron chi connectivity index (χ1n) is 4.72. The van der Waals surface area contributed by atoms with Crippen LogP contribution in [0.2, 0.25) is 0 Å². The van der Waals surface area contributed by atoms with Gasteiger partial charge < -0.3 is 15.6 Å². The van der Waals surface area contributed by atoms with Gasteiger partial charge in [-0.25, -0.2) is 4.79 Å².